The van der Waals surface area contributed by atoms with Crippen LogP contribution in [0.1, 0.15) is 31.9 Å². The number of hydrogen-bond acceptors (Lipinski definition) is 2. The van der Waals surface area contributed by atoms with E-state index in [4.69, 9.17) is 0 Å². The maximum atomic E-state index is 12.1. The van der Waals surface area contributed by atoms with Crippen molar-refractivity contribution in [3.05, 3.63) is 54.6 Å². The summed E-state index contributed by atoms with van der Waals surface area (Å²) in [7, 11) is 0. The highest BCUT2D eigenvalue weighted by Gasteiger charge is 2.16. The number of carbonyl (C=O) groups is 1. The normalized spacial score (nSPS) is 12.4. The highest BCUT2D eigenvalue weighted by Crippen LogP contribution is 2.21. The molecular formula is C15H19N3O. The van der Waals surface area contributed by atoms with E-state index in [1.165, 1.54) is 10.9 Å². The van der Waals surface area contributed by atoms with E-state index in [9.17, 15) is 4.79 Å². The Bertz CT molecular complexity index is 505. The van der Waals surface area contributed by atoms with Gasteiger partial charge in [0.25, 0.3) is 0 Å². The summed E-state index contributed by atoms with van der Waals surface area (Å²) in [5.74, 6) is 0.508. The average Bonchev–Trinajstić information content (AvgIpc) is 2.92. The standard InChI is InChI=1S/C15H19N3O/c1-12(2)10-14(13-6-4-3-5-7-13)17-15(19)18-9-8-16-11-18/h3-9,11-12,14H,10H2,1-2H3,(H,17,19). The quantitative estimate of drug-likeness (QED) is 0.914. The summed E-state index contributed by atoms with van der Waals surface area (Å²) in [6.45, 7) is 4.30. The van der Waals surface area contributed by atoms with Crippen LogP contribution < -0.4 is 5.32 Å². The number of rotatable bonds is 4. The number of benzene rings is 1. The Morgan fingerprint density at radius 2 is 2.05 bits per heavy atom. The molecule has 0 saturated carbocycles. The van der Waals surface area contributed by atoms with Gasteiger partial charge in [0.05, 0.1) is 6.04 Å². The van der Waals surface area contributed by atoms with Crippen molar-refractivity contribution in [1.29, 1.82) is 0 Å². The lowest BCUT2D eigenvalue weighted by Gasteiger charge is -2.21. The molecule has 1 amide bonds. The Labute approximate surface area is 113 Å². The van der Waals surface area contributed by atoms with Gasteiger partial charge in [0, 0.05) is 12.4 Å². The fourth-order valence-corrected chi connectivity index (χ4v) is 2.04. The van der Waals surface area contributed by atoms with Gasteiger partial charge in [-0.25, -0.2) is 9.78 Å². The van der Waals surface area contributed by atoms with Gasteiger partial charge in [0.2, 0.25) is 0 Å². The SMILES string of the molecule is CC(C)CC(NC(=O)n1ccnc1)c1ccccc1. The summed E-state index contributed by atoms with van der Waals surface area (Å²) < 4.78 is 1.45. The molecule has 100 valence electrons. The Balaban J connectivity index is 2.13. The molecule has 2 rings (SSSR count). The zero-order valence-corrected chi connectivity index (χ0v) is 11.3. The van der Waals surface area contributed by atoms with Gasteiger partial charge in [0.1, 0.15) is 6.33 Å². The summed E-state index contributed by atoms with van der Waals surface area (Å²) in [4.78, 5) is 16.0. The van der Waals surface area contributed by atoms with Crippen LogP contribution in [-0.2, 0) is 0 Å². The van der Waals surface area contributed by atoms with Crippen LogP contribution in [0.3, 0.4) is 0 Å². The highest BCUT2D eigenvalue weighted by atomic mass is 16.2. The molecule has 0 spiro atoms. The van der Waals surface area contributed by atoms with Gasteiger partial charge < -0.3 is 5.32 Å². The Morgan fingerprint density at radius 3 is 2.63 bits per heavy atom. The second kappa shape index (κ2) is 6.18. The number of nitrogens with one attached hydrogen (secondary N) is 1. The molecule has 1 unspecified atom stereocenters. The van der Waals surface area contributed by atoms with Gasteiger partial charge in [-0.1, -0.05) is 44.2 Å². The minimum atomic E-state index is -0.146. The van der Waals surface area contributed by atoms with E-state index in [0.717, 1.165) is 12.0 Å². The van der Waals surface area contributed by atoms with Crippen molar-refractivity contribution in [1.82, 2.24) is 14.9 Å². The number of amides is 1. The van der Waals surface area contributed by atoms with E-state index in [0.29, 0.717) is 5.92 Å². The zero-order valence-electron chi connectivity index (χ0n) is 11.3. The molecule has 0 aliphatic carbocycles. The molecule has 1 aromatic heterocycles. The van der Waals surface area contributed by atoms with Crippen LogP contribution in [0.4, 0.5) is 4.79 Å². The van der Waals surface area contributed by atoms with Crippen molar-refractivity contribution in [3.8, 4) is 0 Å². The topological polar surface area (TPSA) is 46.9 Å². The van der Waals surface area contributed by atoms with E-state index in [1.54, 1.807) is 12.4 Å². The predicted molar refractivity (Wildman–Crippen MR) is 74.8 cm³/mol. The Morgan fingerprint density at radius 1 is 1.32 bits per heavy atom. The molecule has 0 bridgehead atoms. The third-order valence-electron chi connectivity index (χ3n) is 2.95. The van der Waals surface area contributed by atoms with E-state index in [2.05, 4.69) is 24.1 Å². The second-order valence-corrected chi connectivity index (χ2v) is 5.01. The van der Waals surface area contributed by atoms with Gasteiger partial charge in [-0.2, -0.15) is 0 Å². The van der Waals surface area contributed by atoms with Crippen LogP contribution in [0, 0.1) is 5.92 Å². The van der Waals surface area contributed by atoms with Crippen LogP contribution in [-0.4, -0.2) is 15.6 Å². The number of hydrogen-bond donors (Lipinski definition) is 1. The van der Waals surface area contributed by atoms with Gasteiger partial charge in [0.15, 0.2) is 0 Å². The molecule has 19 heavy (non-hydrogen) atoms. The average molecular weight is 257 g/mol. The summed E-state index contributed by atoms with van der Waals surface area (Å²) >= 11 is 0. The van der Waals surface area contributed by atoms with Crippen molar-refractivity contribution >= 4 is 6.03 Å². The first kappa shape index (κ1) is 13.3. The molecule has 0 aliphatic rings. The summed E-state index contributed by atoms with van der Waals surface area (Å²) in [6.07, 6.45) is 5.66. The molecule has 1 heterocycles. The van der Waals surface area contributed by atoms with Crippen molar-refractivity contribution in [2.75, 3.05) is 0 Å². The summed E-state index contributed by atoms with van der Waals surface area (Å²) in [6, 6.07) is 9.93. The maximum Gasteiger partial charge on any atom is 0.327 e. The largest absolute Gasteiger partial charge is 0.331 e. The van der Waals surface area contributed by atoms with Gasteiger partial charge in [-0.15, -0.1) is 0 Å². The fourth-order valence-electron chi connectivity index (χ4n) is 2.04. The second-order valence-electron chi connectivity index (χ2n) is 5.01. The van der Waals surface area contributed by atoms with Gasteiger partial charge in [-0.05, 0) is 17.9 Å². The smallest absolute Gasteiger partial charge is 0.327 e. The molecule has 0 aliphatic heterocycles. The molecule has 4 nitrogen and oxygen atoms in total. The molecule has 4 heteroatoms. The lowest BCUT2D eigenvalue weighted by Crippen LogP contribution is -2.32. The summed E-state index contributed by atoms with van der Waals surface area (Å²) in [5, 5.41) is 3.05. The van der Waals surface area contributed by atoms with Crippen LogP contribution in [0.25, 0.3) is 0 Å². The molecule has 0 fully saturated rings. The van der Waals surface area contributed by atoms with Crippen LogP contribution >= 0.6 is 0 Å². The first-order chi connectivity index (χ1) is 9.16. The van der Waals surface area contributed by atoms with Crippen molar-refractivity contribution in [2.45, 2.75) is 26.3 Å². The number of imidazole rings is 1. The van der Waals surface area contributed by atoms with Crippen molar-refractivity contribution < 1.29 is 4.79 Å². The first-order valence-corrected chi connectivity index (χ1v) is 6.50. The predicted octanol–water partition coefficient (Wildman–Crippen LogP) is 3.23. The van der Waals surface area contributed by atoms with Crippen LogP contribution in [0.2, 0.25) is 0 Å². The number of aromatic nitrogens is 2. The highest BCUT2D eigenvalue weighted by molar-refractivity contribution is 5.76. The summed E-state index contributed by atoms with van der Waals surface area (Å²) in [5.41, 5.74) is 1.13. The monoisotopic (exact) mass is 257 g/mol. The zero-order chi connectivity index (χ0) is 13.7. The molecule has 0 radical (unpaired) electrons. The van der Waals surface area contributed by atoms with Crippen LogP contribution in [0.15, 0.2) is 49.1 Å². The van der Waals surface area contributed by atoms with Gasteiger partial charge >= 0.3 is 6.03 Å². The van der Waals surface area contributed by atoms with E-state index in [1.807, 2.05) is 30.3 Å². The molecule has 1 atom stereocenters. The number of carbonyl (C=O) groups excluding carboxylic acids is 1. The first-order valence-electron chi connectivity index (χ1n) is 6.50. The molecule has 1 aromatic carbocycles. The minimum Gasteiger partial charge on any atom is -0.331 e. The van der Waals surface area contributed by atoms with Crippen molar-refractivity contribution in [2.24, 2.45) is 5.92 Å². The molecular weight excluding hydrogens is 238 g/mol. The van der Waals surface area contributed by atoms with E-state index >= 15 is 0 Å². The Hall–Kier alpha value is -2.10. The minimum absolute atomic E-state index is 0.0242. The molecule has 2 aromatic rings. The lowest BCUT2D eigenvalue weighted by molar-refractivity contribution is 0.236. The lowest BCUT2D eigenvalue weighted by atomic mass is 9.97. The van der Waals surface area contributed by atoms with E-state index in [-0.39, 0.29) is 12.1 Å². The molecule has 1 N–H and O–H groups in total. The van der Waals surface area contributed by atoms with E-state index < -0.39 is 0 Å². The third kappa shape index (κ3) is 3.68. The fraction of sp³-hybridized carbons (Fsp3) is 0.333. The third-order valence-corrected chi connectivity index (χ3v) is 2.95. The molecule has 0 saturated heterocycles. The number of nitrogens with zero attached hydrogens (tertiary/aromatic N) is 2. The van der Waals surface area contributed by atoms with Gasteiger partial charge in [-0.3, -0.25) is 4.57 Å². The van der Waals surface area contributed by atoms with Crippen LogP contribution in [0.5, 0.6) is 0 Å². The van der Waals surface area contributed by atoms with Crippen molar-refractivity contribution in [3.63, 3.8) is 0 Å². The Kier molecular flexibility index (Phi) is 4.34. The maximum absolute atomic E-state index is 12.1.